The van der Waals surface area contributed by atoms with Crippen molar-refractivity contribution in [3.8, 4) is 0 Å². The van der Waals surface area contributed by atoms with Crippen molar-refractivity contribution in [3.63, 3.8) is 0 Å². The summed E-state index contributed by atoms with van der Waals surface area (Å²) in [6, 6.07) is 0. The van der Waals surface area contributed by atoms with Crippen molar-refractivity contribution in [2.24, 2.45) is 5.73 Å². The maximum Gasteiger partial charge on any atom is 0.333 e. The zero-order chi connectivity index (χ0) is 25.1. The maximum absolute atomic E-state index is 12.4. The molecule has 0 aliphatic rings. The van der Waals surface area contributed by atoms with Gasteiger partial charge in [0.2, 0.25) is 0 Å². The third-order valence-electron chi connectivity index (χ3n) is 5.26. The molecule has 0 heterocycles. The van der Waals surface area contributed by atoms with Gasteiger partial charge in [0, 0.05) is 5.57 Å². The van der Waals surface area contributed by atoms with Crippen LogP contribution in [0.3, 0.4) is 0 Å². The molecule has 0 aliphatic heterocycles. The third-order valence-corrected chi connectivity index (χ3v) is 5.26. The van der Waals surface area contributed by atoms with Gasteiger partial charge in [-0.25, -0.2) is 4.79 Å². The van der Waals surface area contributed by atoms with Crippen LogP contribution in [0.15, 0.2) is 48.6 Å². The van der Waals surface area contributed by atoms with Crippen LogP contribution in [0.25, 0.3) is 0 Å². The summed E-state index contributed by atoms with van der Waals surface area (Å²) >= 11 is 0. The Hall–Kier alpha value is -2.18. The van der Waals surface area contributed by atoms with E-state index in [2.05, 4.69) is 50.0 Å². The Morgan fingerprint density at radius 1 is 1.03 bits per heavy atom. The topological polar surface area (TPSA) is 98.8 Å². The summed E-state index contributed by atoms with van der Waals surface area (Å²) in [7, 11) is 0. The number of nitrogens with two attached hydrogens (primary N) is 1. The van der Waals surface area contributed by atoms with Crippen molar-refractivity contribution < 1.29 is 24.2 Å². The highest BCUT2D eigenvalue weighted by molar-refractivity contribution is 5.89. The first kappa shape index (κ1) is 30.8. The van der Waals surface area contributed by atoms with Gasteiger partial charge in [-0.05, 0) is 65.2 Å². The van der Waals surface area contributed by atoms with Gasteiger partial charge in [0.1, 0.15) is 6.10 Å². The lowest BCUT2D eigenvalue weighted by atomic mass is 9.88. The molecule has 0 bridgehead atoms. The number of unbranched alkanes of at least 4 members (excludes halogenated alkanes) is 3. The number of hydrogen-bond acceptors (Lipinski definition) is 5. The molecular weight excluding hydrogens is 418 g/mol. The molecule has 6 nitrogen and oxygen atoms in total. The molecule has 6 heteroatoms. The van der Waals surface area contributed by atoms with E-state index in [9.17, 15) is 14.7 Å². The summed E-state index contributed by atoms with van der Waals surface area (Å²) < 4.78 is 11.4. The molecule has 3 N–H and O–H groups in total. The van der Waals surface area contributed by atoms with Gasteiger partial charge in [-0.1, -0.05) is 63.3 Å². The summed E-state index contributed by atoms with van der Waals surface area (Å²) in [5, 5.41) is 9.63. The number of carbonyl (C=O) groups is 2. The van der Waals surface area contributed by atoms with E-state index in [0.29, 0.717) is 6.42 Å². The van der Waals surface area contributed by atoms with Gasteiger partial charge in [0.15, 0.2) is 5.60 Å². The second kappa shape index (κ2) is 18.3. The normalized spacial score (nSPS) is 15.7. The molecule has 0 saturated heterocycles. The molecule has 188 valence electrons. The van der Waals surface area contributed by atoms with Crippen molar-refractivity contribution in [1.82, 2.24) is 0 Å². The summed E-state index contributed by atoms with van der Waals surface area (Å²) in [4.78, 5) is 24.6. The minimum atomic E-state index is -1.49. The van der Waals surface area contributed by atoms with Crippen LogP contribution in [0.2, 0.25) is 0 Å². The molecule has 0 radical (unpaired) electrons. The first-order valence-electron chi connectivity index (χ1n) is 12.1. The lowest BCUT2D eigenvalue weighted by Crippen LogP contribution is -2.57. The third kappa shape index (κ3) is 13.2. The van der Waals surface area contributed by atoms with Gasteiger partial charge in [-0.2, -0.15) is 0 Å². The molecule has 3 atom stereocenters. The van der Waals surface area contributed by atoms with Crippen LogP contribution in [0.1, 0.15) is 85.5 Å². The molecule has 0 saturated carbocycles. The fraction of sp³-hybridized carbons (Fsp3) is 0.630. The molecule has 1 amide bonds. The fourth-order valence-corrected chi connectivity index (χ4v) is 3.31. The molecule has 0 aliphatic carbocycles. The van der Waals surface area contributed by atoms with Gasteiger partial charge in [-0.3, -0.25) is 4.79 Å². The van der Waals surface area contributed by atoms with E-state index in [1.54, 1.807) is 20.8 Å². The first-order valence-corrected chi connectivity index (χ1v) is 12.1. The van der Waals surface area contributed by atoms with E-state index in [1.807, 2.05) is 0 Å². The van der Waals surface area contributed by atoms with Crippen molar-refractivity contribution in [2.45, 2.75) is 103 Å². The van der Waals surface area contributed by atoms with Crippen LogP contribution in [-0.2, 0) is 19.1 Å². The van der Waals surface area contributed by atoms with E-state index in [4.69, 9.17) is 15.2 Å². The SMILES string of the molecule is C=C(C)C(=O)OC(CCCCC/C=C\C/C=C\C/C=C\CC)C(CC)(OCC(C)O)C(N)=O. The highest BCUT2D eigenvalue weighted by Gasteiger charge is 2.46. The van der Waals surface area contributed by atoms with Gasteiger partial charge in [0.05, 0.1) is 12.7 Å². The molecule has 0 fully saturated rings. The van der Waals surface area contributed by atoms with Crippen molar-refractivity contribution in [3.05, 3.63) is 48.6 Å². The molecule has 0 aromatic rings. The van der Waals surface area contributed by atoms with Crippen molar-refractivity contribution in [1.29, 1.82) is 0 Å². The monoisotopic (exact) mass is 463 g/mol. The Bertz CT molecular complexity index is 665. The number of primary amides is 1. The number of ether oxygens (including phenoxy) is 2. The predicted molar refractivity (Wildman–Crippen MR) is 135 cm³/mol. The van der Waals surface area contributed by atoms with Crippen LogP contribution in [0.5, 0.6) is 0 Å². The fourth-order valence-electron chi connectivity index (χ4n) is 3.31. The highest BCUT2D eigenvalue weighted by atomic mass is 16.6. The van der Waals surface area contributed by atoms with Crippen molar-refractivity contribution >= 4 is 11.9 Å². The highest BCUT2D eigenvalue weighted by Crippen LogP contribution is 2.29. The number of aliphatic hydroxyl groups is 1. The second-order valence-corrected chi connectivity index (χ2v) is 8.37. The number of allylic oxidation sites excluding steroid dienone is 6. The zero-order valence-corrected chi connectivity index (χ0v) is 21.1. The minimum Gasteiger partial charge on any atom is -0.455 e. The van der Waals surface area contributed by atoms with Gasteiger partial charge in [-0.15, -0.1) is 0 Å². The van der Waals surface area contributed by atoms with E-state index in [0.717, 1.165) is 44.9 Å². The first-order chi connectivity index (χ1) is 15.7. The van der Waals surface area contributed by atoms with Gasteiger partial charge < -0.3 is 20.3 Å². The zero-order valence-electron chi connectivity index (χ0n) is 21.1. The molecule has 0 spiro atoms. The van der Waals surface area contributed by atoms with Crippen LogP contribution >= 0.6 is 0 Å². The van der Waals surface area contributed by atoms with E-state index >= 15 is 0 Å². The maximum atomic E-state index is 12.4. The summed E-state index contributed by atoms with van der Waals surface area (Å²) in [5.74, 6) is -1.28. The van der Waals surface area contributed by atoms with Crippen LogP contribution in [-0.4, -0.2) is 41.4 Å². The van der Waals surface area contributed by atoms with Crippen LogP contribution in [0, 0.1) is 0 Å². The average molecular weight is 464 g/mol. The number of rotatable bonds is 19. The Balaban J connectivity index is 4.78. The van der Waals surface area contributed by atoms with E-state index in [1.165, 1.54) is 0 Å². The minimum absolute atomic E-state index is 0.0773. The van der Waals surface area contributed by atoms with Gasteiger partial charge in [0.25, 0.3) is 5.91 Å². The largest absolute Gasteiger partial charge is 0.455 e. The van der Waals surface area contributed by atoms with Gasteiger partial charge >= 0.3 is 5.97 Å². The van der Waals surface area contributed by atoms with E-state index in [-0.39, 0.29) is 18.6 Å². The second-order valence-electron chi connectivity index (χ2n) is 8.37. The number of esters is 1. The Labute approximate surface area is 200 Å². The molecule has 0 rings (SSSR count). The Morgan fingerprint density at radius 2 is 1.64 bits per heavy atom. The molecule has 0 aromatic carbocycles. The van der Waals surface area contributed by atoms with Crippen molar-refractivity contribution in [2.75, 3.05) is 6.61 Å². The Kier molecular flexibility index (Phi) is 17.1. The molecular formula is C27H45NO5. The predicted octanol–water partition coefficient (Wildman–Crippen LogP) is 5.32. The standard InChI is InChI=1S/C27H45NO5/c1-6-8-9-10-11-12-13-14-15-16-17-18-19-20-24(33-25(30)22(3)4)27(7-2,26(28)31)32-21-23(5)29/h8-9,11-12,14-15,23-24,29H,3,6-7,10,13,16-21H2,1-2,4-5H3,(H2,28,31)/b9-8-,12-11-,15-14-. The number of hydrogen-bond donors (Lipinski definition) is 2. The number of amides is 1. The smallest absolute Gasteiger partial charge is 0.333 e. The average Bonchev–Trinajstić information content (AvgIpc) is 2.76. The summed E-state index contributed by atoms with van der Waals surface area (Å²) in [5.41, 5.74) is 4.44. The number of carbonyl (C=O) groups excluding carboxylic acids is 2. The molecule has 0 aromatic heterocycles. The molecule has 3 unspecified atom stereocenters. The summed E-state index contributed by atoms with van der Waals surface area (Å²) in [6.45, 7) is 10.5. The molecule has 33 heavy (non-hydrogen) atoms. The van der Waals surface area contributed by atoms with Crippen LogP contribution < -0.4 is 5.73 Å². The lowest BCUT2D eigenvalue weighted by molar-refractivity contribution is -0.184. The Morgan fingerprint density at radius 3 is 2.15 bits per heavy atom. The van der Waals surface area contributed by atoms with Crippen LogP contribution in [0.4, 0.5) is 0 Å². The van der Waals surface area contributed by atoms with E-state index < -0.39 is 29.7 Å². The quantitative estimate of drug-likeness (QED) is 0.117. The summed E-state index contributed by atoms with van der Waals surface area (Å²) in [6.07, 6.45) is 18.7. The number of aliphatic hydroxyl groups excluding tert-OH is 1. The lowest BCUT2D eigenvalue weighted by Gasteiger charge is -2.37.